The molecule has 9 aromatic rings. The van der Waals surface area contributed by atoms with E-state index in [4.69, 9.17) is 0 Å². The number of aromatic nitrogens is 3. The average molecular weight is 787 g/mol. The number of hydrogen-bond acceptors (Lipinski definition) is 1. The fourth-order valence-corrected chi connectivity index (χ4v) is 10.0. The van der Waals surface area contributed by atoms with E-state index in [0.29, 0.717) is 0 Å². The zero-order valence-corrected chi connectivity index (χ0v) is 34.5. The summed E-state index contributed by atoms with van der Waals surface area (Å²) in [6.45, 7) is 16.1. The van der Waals surface area contributed by atoms with Crippen LogP contribution in [0.15, 0.2) is 178 Å². The summed E-state index contributed by atoms with van der Waals surface area (Å²) in [5, 5.41) is 6.26. The van der Waals surface area contributed by atoms with E-state index in [1.807, 2.05) is 18.2 Å². The predicted octanol–water partition coefficient (Wildman–Crippen LogP) is 14.8. The summed E-state index contributed by atoms with van der Waals surface area (Å²) in [6.07, 6.45) is 22.9. The van der Waals surface area contributed by atoms with Crippen LogP contribution in [0, 0.1) is 0 Å². The third-order valence-corrected chi connectivity index (χ3v) is 12.8. The summed E-state index contributed by atoms with van der Waals surface area (Å²) in [4.78, 5) is 6.22. The first-order valence-corrected chi connectivity index (χ1v) is 21.3. The minimum absolute atomic E-state index is 0.752. The van der Waals surface area contributed by atoms with E-state index in [-0.39, 0.29) is 0 Å². The van der Waals surface area contributed by atoms with E-state index in [1.165, 1.54) is 65.7 Å². The molecule has 4 heterocycles. The van der Waals surface area contributed by atoms with E-state index >= 15 is 0 Å². The van der Waals surface area contributed by atoms with Gasteiger partial charge in [0.1, 0.15) is 0 Å². The van der Waals surface area contributed by atoms with Crippen LogP contribution in [0.1, 0.15) is 34.9 Å². The van der Waals surface area contributed by atoms with Gasteiger partial charge in [-0.15, -0.1) is 0 Å². The van der Waals surface area contributed by atoms with Crippen LogP contribution >= 0.6 is 0 Å². The number of rotatable bonds is 7. The quantitative estimate of drug-likeness (QED) is 0.160. The molecule has 61 heavy (non-hydrogen) atoms. The second-order valence-electron chi connectivity index (χ2n) is 16.2. The van der Waals surface area contributed by atoms with Crippen LogP contribution in [0.5, 0.6) is 0 Å². The van der Waals surface area contributed by atoms with Crippen LogP contribution in [-0.4, -0.2) is 20.7 Å². The first-order valence-electron chi connectivity index (χ1n) is 21.3. The Morgan fingerprint density at radius 2 is 1.43 bits per heavy atom. The molecule has 0 fully saturated rings. The number of benzene rings is 6. The molecule has 2 aliphatic rings. The van der Waals surface area contributed by atoms with Gasteiger partial charge in [0.15, 0.2) is 0 Å². The van der Waals surface area contributed by atoms with Crippen molar-refractivity contribution >= 4 is 83.6 Å². The summed E-state index contributed by atoms with van der Waals surface area (Å²) in [6, 6.07) is 40.8. The van der Waals surface area contributed by atoms with Crippen LogP contribution in [0.4, 0.5) is 11.4 Å². The van der Waals surface area contributed by atoms with Crippen LogP contribution in [0.25, 0.3) is 89.1 Å². The van der Waals surface area contributed by atoms with Crippen molar-refractivity contribution in [3.63, 3.8) is 0 Å². The molecular formula is C57H46N4. The zero-order valence-electron chi connectivity index (χ0n) is 34.5. The van der Waals surface area contributed by atoms with Crippen molar-refractivity contribution in [1.82, 2.24) is 14.1 Å². The molecule has 4 nitrogen and oxygen atoms in total. The van der Waals surface area contributed by atoms with Crippen LogP contribution in [0.3, 0.4) is 0 Å². The number of allylic oxidation sites excluding steroid dienone is 8. The molecule has 0 bridgehead atoms. The molecule has 4 heteroatoms. The topological polar surface area (TPSA) is 28.9 Å². The molecule has 1 aliphatic carbocycles. The number of nitrogens with zero attached hydrogens (tertiary/aromatic N) is 3. The Morgan fingerprint density at radius 3 is 2.28 bits per heavy atom. The first-order chi connectivity index (χ1) is 30.0. The second-order valence-corrected chi connectivity index (χ2v) is 16.2. The van der Waals surface area contributed by atoms with Gasteiger partial charge in [-0.25, -0.2) is 0 Å². The molecular weight excluding hydrogens is 741 g/mol. The number of aryl methyl sites for hydroxylation is 2. The van der Waals surface area contributed by atoms with Gasteiger partial charge < -0.3 is 19.0 Å². The monoisotopic (exact) mass is 786 g/mol. The number of nitrogens with one attached hydrogen (secondary N) is 1. The van der Waals surface area contributed by atoms with Gasteiger partial charge in [-0.2, -0.15) is 0 Å². The average Bonchev–Trinajstić information content (AvgIpc) is 3.93. The lowest BCUT2D eigenvalue weighted by atomic mass is 9.84. The number of para-hydroxylation sites is 2. The third kappa shape index (κ3) is 5.82. The molecule has 11 rings (SSSR count). The van der Waals surface area contributed by atoms with Gasteiger partial charge in [0.2, 0.25) is 0 Å². The number of H-pyrrole nitrogens is 1. The highest BCUT2D eigenvalue weighted by molar-refractivity contribution is 6.13. The Balaban J connectivity index is 1.06. The van der Waals surface area contributed by atoms with Crippen molar-refractivity contribution in [2.75, 3.05) is 11.4 Å². The van der Waals surface area contributed by atoms with E-state index in [9.17, 15) is 0 Å². The summed E-state index contributed by atoms with van der Waals surface area (Å²) < 4.78 is 4.84. The van der Waals surface area contributed by atoms with Crippen molar-refractivity contribution in [3.8, 4) is 16.8 Å². The number of aromatic amines is 1. The van der Waals surface area contributed by atoms with Crippen LogP contribution < -0.4 is 4.90 Å². The van der Waals surface area contributed by atoms with Gasteiger partial charge in [-0.1, -0.05) is 111 Å². The maximum absolute atomic E-state index is 4.41. The largest absolute Gasteiger partial charge is 0.354 e. The number of hydrogen-bond donors (Lipinski definition) is 1. The van der Waals surface area contributed by atoms with Crippen LogP contribution in [0.2, 0.25) is 0 Å². The maximum Gasteiger partial charge on any atom is 0.0541 e. The zero-order chi connectivity index (χ0) is 41.2. The SMILES string of the molecule is C=C/C=C\Cn1c2ccc(N3C/C=C\C=C/C(=C)c4ccccc43)cc2c2cc3c(cc21)-c1cc2[nH]c4ccc(-n5c(/C=C\C)c(C=C)c6ccccc65)cc4c2cc1CC3. The van der Waals surface area contributed by atoms with Gasteiger partial charge in [0, 0.05) is 84.8 Å². The molecule has 0 atom stereocenters. The Morgan fingerprint density at radius 1 is 0.672 bits per heavy atom. The second kappa shape index (κ2) is 14.6. The molecule has 294 valence electrons. The van der Waals surface area contributed by atoms with Gasteiger partial charge in [0.05, 0.1) is 16.7 Å². The normalized spacial score (nSPS) is 15.1. The number of anilines is 2. The van der Waals surface area contributed by atoms with E-state index in [1.54, 1.807) is 0 Å². The van der Waals surface area contributed by atoms with Gasteiger partial charge >= 0.3 is 0 Å². The van der Waals surface area contributed by atoms with Crippen molar-refractivity contribution < 1.29 is 0 Å². The van der Waals surface area contributed by atoms with E-state index in [2.05, 4.69) is 197 Å². The molecule has 0 spiro atoms. The smallest absolute Gasteiger partial charge is 0.0541 e. The van der Waals surface area contributed by atoms with Gasteiger partial charge in [-0.3, -0.25) is 0 Å². The van der Waals surface area contributed by atoms with Gasteiger partial charge in [-0.05, 0) is 126 Å². The molecule has 0 amide bonds. The highest BCUT2D eigenvalue weighted by Crippen LogP contribution is 2.44. The van der Waals surface area contributed by atoms with Crippen molar-refractivity contribution in [3.05, 3.63) is 205 Å². The summed E-state index contributed by atoms with van der Waals surface area (Å²) in [5.74, 6) is 0. The molecule has 0 saturated carbocycles. The predicted molar refractivity (Wildman–Crippen MR) is 263 cm³/mol. The number of fused-ring (bicyclic) bond motifs is 11. The Hall–Kier alpha value is -7.56. The molecule has 1 N–H and O–H groups in total. The fraction of sp³-hybridized carbons (Fsp3) is 0.0877. The third-order valence-electron chi connectivity index (χ3n) is 12.8. The molecule has 6 aromatic carbocycles. The lowest BCUT2D eigenvalue weighted by Gasteiger charge is -2.26. The molecule has 0 radical (unpaired) electrons. The summed E-state index contributed by atoms with van der Waals surface area (Å²) >= 11 is 0. The minimum atomic E-state index is 0.752. The van der Waals surface area contributed by atoms with E-state index < -0.39 is 0 Å². The fourth-order valence-electron chi connectivity index (χ4n) is 10.0. The Bertz CT molecular complexity index is 3440. The van der Waals surface area contributed by atoms with Gasteiger partial charge in [0.25, 0.3) is 0 Å². The molecule has 1 aliphatic heterocycles. The summed E-state index contributed by atoms with van der Waals surface area (Å²) in [5.41, 5.74) is 19.3. The first kappa shape index (κ1) is 36.5. The van der Waals surface area contributed by atoms with E-state index in [0.717, 1.165) is 76.4 Å². The Labute approximate surface area is 356 Å². The lowest BCUT2D eigenvalue weighted by molar-refractivity contribution is 0.896. The van der Waals surface area contributed by atoms with Crippen molar-refractivity contribution in [2.45, 2.75) is 26.3 Å². The standard InChI is InChI=1S/C57H46N4/c1-5-8-15-30-60-54-28-26-40(59-29-16-9-10-18-37(4)43-19-11-13-21-53(43)59)33-50(54)49-32-39-24-23-38-31-47-48-34-41(25-27-51(48)58-52(47)35-45(38)46(39)36-57(49)60)61-55(17-6-2)42(7-3)44-20-12-14-22-56(44)61/h5-22,25-28,31-36,58H,1,3-4,23-24,29-30H2,2H3/b15-8-,16-9-,17-6-,18-10-. The van der Waals surface area contributed by atoms with Crippen molar-refractivity contribution in [1.29, 1.82) is 0 Å². The maximum atomic E-state index is 4.41. The van der Waals surface area contributed by atoms with Crippen molar-refractivity contribution in [2.24, 2.45) is 0 Å². The molecule has 3 aromatic heterocycles. The molecule has 0 saturated heterocycles. The Kier molecular flexibility index (Phi) is 8.75. The highest BCUT2D eigenvalue weighted by atomic mass is 15.1. The lowest BCUT2D eigenvalue weighted by Crippen LogP contribution is -2.18. The summed E-state index contributed by atoms with van der Waals surface area (Å²) in [7, 11) is 0. The molecule has 0 unspecified atom stereocenters. The highest BCUT2D eigenvalue weighted by Gasteiger charge is 2.24. The van der Waals surface area contributed by atoms with Crippen LogP contribution in [-0.2, 0) is 19.4 Å². The minimum Gasteiger partial charge on any atom is -0.354 e.